The van der Waals surface area contributed by atoms with Crippen LogP contribution >= 0.6 is 15.9 Å². The average Bonchev–Trinajstić information content (AvgIpc) is 3.22. The zero-order chi connectivity index (χ0) is 21.7. The molecule has 0 radical (unpaired) electrons. The Bertz CT molecular complexity index is 1040. The minimum absolute atomic E-state index is 0.135. The number of sulfonamides is 1. The number of anilines is 1. The lowest BCUT2D eigenvalue weighted by Crippen LogP contribution is -2.46. The summed E-state index contributed by atoms with van der Waals surface area (Å²) in [5.41, 5.74) is 0.737. The molecule has 1 fully saturated rings. The van der Waals surface area contributed by atoms with Crippen LogP contribution in [0.4, 0.5) is 5.69 Å². The Labute approximate surface area is 184 Å². The van der Waals surface area contributed by atoms with E-state index >= 15 is 0 Å². The highest BCUT2D eigenvalue weighted by Crippen LogP contribution is 2.23. The summed E-state index contributed by atoms with van der Waals surface area (Å²) in [5.74, 6) is -0.451. The minimum Gasteiger partial charge on any atom is -0.351 e. The Morgan fingerprint density at radius 2 is 1.80 bits per heavy atom. The first kappa shape index (κ1) is 22.0. The number of amides is 2. The van der Waals surface area contributed by atoms with E-state index in [1.54, 1.807) is 35.2 Å². The number of carbonyl (C=O) groups excluding carboxylic acids is 2. The van der Waals surface area contributed by atoms with E-state index in [9.17, 15) is 18.0 Å². The fraction of sp³-hybridized carbons (Fsp3) is 0.238. The average molecular weight is 492 g/mol. The van der Waals surface area contributed by atoms with Crippen LogP contribution in [-0.2, 0) is 14.8 Å². The van der Waals surface area contributed by atoms with E-state index in [1.807, 2.05) is 0 Å². The van der Waals surface area contributed by atoms with Gasteiger partial charge in [-0.1, -0.05) is 22.0 Å². The summed E-state index contributed by atoms with van der Waals surface area (Å²) in [7, 11) is -3.73. The SMILES string of the molecule is C=CCNC(=O)[C@H]1CCCN1C(=O)c1ccc(NS(=O)(=O)c2ccc(Br)cc2)cc1. The van der Waals surface area contributed by atoms with E-state index in [0.29, 0.717) is 30.8 Å². The number of likely N-dealkylation sites (tertiary alicyclic amines) is 1. The van der Waals surface area contributed by atoms with Gasteiger partial charge in [0.2, 0.25) is 5.91 Å². The first-order chi connectivity index (χ1) is 14.3. The lowest BCUT2D eigenvalue weighted by Gasteiger charge is -2.24. The third-order valence-corrected chi connectivity index (χ3v) is 6.67. The molecule has 0 saturated carbocycles. The maximum Gasteiger partial charge on any atom is 0.261 e. The van der Waals surface area contributed by atoms with Crippen LogP contribution in [0.5, 0.6) is 0 Å². The second kappa shape index (κ2) is 9.44. The number of benzene rings is 2. The number of halogens is 1. The molecule has 0 unspecified atom stereocenters. The van der Waals surface area contributed by atoms with Gasteiger partial charge in [-0.2, -0.15) is 0 Å². The van der Waals surface area contributed by atoms with Crippen LogP contribution in [-0.4, -0.2) is 44.3 Å². The molecule has 1 aliphatic heterocycles. The van der Waals surface area contributed by atoms with Crippen molar-refractivity contribution < 1.29 is 18.0 Å². The van der Waals surface area contributed by atoms with Gasteiger partial charge in [0.15, 0.2) is 0 Å². The van der Waals surface area contributed by atoms with Crippen LogP contribution in [0.1, 0.15) is 23.2 Å². The molecule has 1 atom stereocenters. The van der Waals surface area contributed by atoms with Gasteiger partial charge in [0.25, 0.3) is 15.9 Å². The van der Waals surface area contributed by atoms with Crippen LogP contribution in [0.25, 0.3) is 0 Å². The topological polar surface area (TPSA) is 95.6 Å². The first-order valence-corrected chi connectivity index (χ1v) is 11.7. The van der Waals surface area contributed by atoms with Crippen LogP contribution in [0.2, 0.25) is 0 Å². The molecule has 0 spiro atoms. The highest BCUT2D eigenvalue weighted by molar-refractivity contribution is 9.10. The van der Waals surface area contributed by atoms with Crippen LogP contribution in [0.3, 0.4) is 0 Å². The third kappa shape index (κ3) is 5.09. The van der Waals surface area contributed by atoms with Crippen molar-refractivity contribution in [3.8, 4) is 0 Å². The van der Waals surface area contributed by atoms with Crippen LogP contribution in [0, 0.1) is 0 Å². The molecule has 2 aromatic rings. The summed E-state index contributed by atoms with van der Waals surface area (Å²) < 4.78 is 28.3. The first-order valence-electron chi connectivity index (χ1n) is 9.40. The van der Waals surface area contributed by atoms with Gasteiger partial charge in [-0.25, -0.2) is 8.42 Å². The molecule has 2 amide bonds. The molecular weight excluding hydrogens is 470 g/mol. The van der Waals surface area contributed by atoms with E-state index in [0.717, 1.165) is 10.9 Å². The van der Waals surface area contributed by atoms with Crippen molar-refractivity contribution in [2.45, 2.75) is 23.8 Å². The van der Waals surface area contributed by atoms with Gasteiger partial charge in [-0.3, -0.25) is 14.3 Å². The normalized spacial score (nSPS) is 16.2. The Hall–Kier alpha value is -2.65. The Kier molecular flexibility index (Phi) is 6.94. The van der Waals surface area contributed by atoms with Gasteiger partial charge < -0.3 is 10.2 Å². The molecule has 0 aromatic heterocycles. The summed E-state index contributed by atoms with van der Waals surface area (Å²) in [6, 6.07) is 12.0. The molecule has 2 aromatic carbocycles. The Morgan fingerprint density at radius 3 is 2.43 bits per heavy atom. The van der Waals surface area contributed by atoms with E-state index in [1.165, 1.54) is 24.3 Å². The molecular formula is C21H22BrN3O4S. The summed E-state index contributed by atoms with van der Waals surface area (Å²) in [6.45, 7) is 4.43. The van der Waals surface area contributed by atoms with Crippen LogP contribution < -0.4 is 10.0 Å². The highest BCUT2D eigenvalue weighted by atomic mass is 79.9. The summed E-state index contributed by atoms with van der Waals surface area (Å²) >= 11 is 3.27. The van der Waals surface area contributed by atoms with E-state index in [2.05, 4.69) is 32.5 Å². The molecule has 7 nitrogen and oxygen atoms in total. The van der Waals surface area contributed by atoms with Gasteiger partial charge in [0.1, 0.15) is 6.04 Å². The second-order valence-corrected chi connectivity index (χ2v) is 9.43. The molecule has 30 heavy (non-hydrogen) atoms. The fourth-order valence-electron chi connectivity index (χ4n) is 3.25. The summed E-state index contributed by atoms with van der Waals surface area (Å²) in [6.07, 6.45) is 2.95. The van der Waals surface area contributed by atoms with Crippen molar-refractivity contribution in [2.75, 3.05) is 17.8 Å². The van der Waals surface area contributed by atoms with Gasteiger partial charge in [0, 0.05) is 28.8 Å². The maximum absolute atomic E-state index is 12.9. The van der Waals surface area contributed by atoms with Gasteiger partial charge in [-0.05, 0) is 61.4 Å². The number of hydrogen-bond donors (Lipinski definition) is 2. The van der Waals surface area contributed by atoms with Gasteiger partial charge in [-0.15, -0.1) is 6.58 Å². The summed E-state index contributed by atoms with van der Waals surface area (Å²) in [5, 5.41) is 2.73. The lowest BCUT2D eigenvalue weighted by atomic mass is 10.1. The van der Waals surface area contributed by atoms with Crippen molar-refractivity contribution in [1.82, 2.24) is 10.2 Å². The fourth-order valence-corrected chi connectivity index (χ4v) is 4.57. The quantitative estimate of drug-likeness (QED) is 0.581. The van der Waals surface area contributed by atoms with Crippen LogP contribution in [0.15, 0.2) is 70.6 Å². The van der Waals surface area contributed by atoms with Crippen molar-refractivity contribution in [1.29, 1.82) is 0 Å². The number of nitrogens with one attached hydrogen (secondary N) is 2. The highest BCUT2D eigenvalue weighted by Gasteiger charge is 2.34. The predicted molar refractivity (Wildman–Crippen MR) is 119 cm³/mol. The molecule has 1 aliphatic rings. The molecule has 0 bridgehead atoms. The van der Waals surface area contributed by atoms with Crippen molar-refractivity contribution >= 4 is 43.5 Å². The molecule has 1 saturated heterocycles. The summed E-state index contributed by atoms with van der Waals surface area (Å²) in [4.78, 5) is 26.8. The predicted octanol–water partition coefficient (Wildman–Crippen LogP) is 3.16. The number of rotatable bonds is 7. The third-order valence-electron chi connectivity index (χ3n) is 4.74. The number of hydrogen-bond acceptors (Lipinski definition) is 4. The lowest BCUT2D eigenvalue weighted by molar-refractivity contribution is -0.124. The van der Waals surface area contributed by atoms with Crippen molar-refractivity contribution in [2.24, 2.45) is 0 Å². The van der Waals surface area contributed by atoms with E-state index < -0.39 is 16.1 Å². The Morgan fingerprint density at radius 1 is 1.13 bits per heavy atom. The van der Waals surface area contributed by atoms with E-state index in [-0.39, 0.29) is 16.7 Å². The second-order valence-electron chi connectivity index (χ2n) is 6.83. The number of carbonyl (C=O) groups is 2. The zero-order valence-electron chi connectivity index (χ0n) is 16.2. The minimum atomic E-state index is -3.73. The monoisotopic (exact) mass is 491 g/mol. The molecule has 9 heteroatoms. The zero-order valence-corrected chi connectivity index (χ0v) is 18.6. The van der Waals surface area contributed by atoms with Gasteiger partial charge in [0.05, 0.1) is 4.90 Å². The largest absolute Gasteiger partial charge is 0.351 e. The molecule has 0 aliphatic carbocycles. The van der Waals surface area contributed by atoms with Gasteiger partial charge >= 0.3 is 0 Å². The molecule has 1 heterocycles. The van der Waals surface area contributed by atoms with Crippen molar-refractivity contribution in [3.63, 3.8) is 0 Å². The smallest absolute Gasteiger partial charge is 0.261 e. The standard InChI is InChI=1S/C21H22BrN3O4S/c1-2-13-23-20(26)19-4-3-14-25(19)21(27)15-5-9-17(10-6-15)24-30(28,29)18-11-7-16(22)8-12-18/h2,5-12,19,24H,1,3-4,13-14H2,(H,23,26)/t19-/m1/s1. The number of nitrogens with zero attached hydrogens (tertiary/aromatic N) is 1. The molecule has 3 rings (SSSR count). The molecule has 2 N–H and O–H groups in total. The Balaban J connectivity index is 1.70. The maximum atomic E-state index is 12.9. The molecule has 158 valence electrons. The van der Waals surface area contributed by atoms with E-state index in [4.69, 9.17) is 0 Å². The van der Waals surface area contributed by atoms with Crippen molar-refractivity contribution in [3.05, 3.63) is 71.2 Å².